The third-order valence-corrected chi connectivity index (χ3v) is 4.79. The quantitative estimate of drug-likeness (QED) is 0.873. The Morgan fingerprint density at radius 3 is 2.86 bits per heavy atom. The lowest BCUT2D eigenvalue weighted by atomic mass is 9.97. The van der Waals surface area contributed by atoms with Crippen LogP contribution in [0.3, 0.4) is 0 Å². The van der Waals surface area contributed by atoms with E-state index in [-0.39, 0.29) is 5.91 Å². The molecule has 0 aromatic heterocycles. The Morgan fingerprint density at radius 1 is 1.29 bits per heavy atom. The number of primary amides is 1. The number of nitrogens with one attached hydrogen (secondary N) is 1. The van der Waals surface area contributed by atoms with Crippen LogP contribution in [0.1, 0.15) is 59.6 Å². The van der Waals surface area contributed by atoms with E-state index in [1.165, 1.54) is 50.9 Å². The number of hydrogen-bond acceptors (Lipinski definition) is 3. The summed E-state index contributed by atoms with van der Waals surface area (Å²) < 4.78 is 0. The third-order valence-electron chi connectivity index (χ3n) is 4.79. The van der Waals surface area contributed by atoms with Gasteiger partial charge in [0.15, 0.2) is 0 Å². The number of hydrogen-bond donors (Lipinski definition) is 2. The monoisotopic (exact) mass is 287 g/mol. The average Bonchev–Trinajstić information content (AvgIpc) is 2.91. The molecule has 0 radical (unpaired) electrons. The summed E-state index contributed by atoms with van der Waals surface area (Å²) in [7, 11) is 0. The summed E-state index contributed by atoms with van der Waals surface area (Å²) in [5, 5.41) is 3.53. The number of benzene rings is 1. The van der Waals surface area contributed by atoms with E-state index in [1.54, 1.807) is 0 Å². The van der Waals surface area contributed by atoms with E-state index in [2.05, 4.69) is 16.3 Å². The Morgan fingerprint density at radius 2 is 2.10 bits per heavy atom. The molecule has 4 heteroatoms. The number of fused-ring (bicyclic) bond motifs is 1. The first-order valence-corrected chi connectivity index (χ1v) is 8.13. The third kappa shape index (κ3) is 3.27. The average molecular weight is 287 g/mol. The number of amides is 1. The Balaban J connectivity index is 1.57. The van der Waals surface area contributed by atoms with Gasteiger partial charge in [0.2, 0.25) is 5.91 Å². The second-order valence-corrected chi connectivity index (χ2v) is 6.22. The maximum atomic E-state index is 11.5. The first-order valence-electron chi connectivity index (χ1n) is 8.13. The molecule has 1 saturated heterocycles. The lowest BCUT2D eigenvalue weighted by Gasteiger charge is -2.26. The van der Waals surface area contributed by atoms with E-state index < -0.39 is 0 Å². The first kappa shape index (κ1) is 14.5. The fraction of sp³-hybridized carbons (Fsp3) is 0.588. The number of nitrogens with two attached hydrogens (primary N) is 1. The van der Waals surface area contributed by atoms with Gasteiger partial charge in [0.25, 0.3) is 0 Å². The van der Waals surface area contributed by atoms with E-state index >= 15 is 0 Å². The number of nitrogens with zero attached hydrogens (tertiary/aromatic N) is 1. The molecule has 1 fully saturated rings. The molecule has 2 aliphatic heterocycles. The van der Waals surface area contributed by atoms with Crippen LogP contribution in [-0.2, 0) is 6.54 Å². The highest BCUT2D eigenvalue weighted by Gasteiger charge is 2.25. The minimum absolute atomic E-state index is 0.317. The predicted molar refractivity (Wildman–Crippen MR) is 84.1 cm³/mol. The van der Waals surface area contributed by atoms with E-state index in [1.807, 2.05) is 12.1 Å². The van der Waals surface area contributed by atoms with Gasteiger partial charge in [-0.25, -0.2) is 0 Å². The molecular formula is C17H25N3O. The SMILES string of the molecule is NC(=O)c1cccc2c1CNC2CCCN1CCCCC1. The standard InChI is InChI=1S/C17H25N3O/c18-17(21)14-7-4-6-13-15(14)12-19-16(13)8-5-11-20-9-2-1-3-10-20/h4,6-7,16,19H,1-3,5,8-12H2,(H2,18,21). The Hall–Kier alpha value is -1.39. The summed E-state index contributed by atoms with van der Waals surface area (Å²) in [6, 6.07) is 6.29. The van der Waals surface area contributed by atoms with Gasteiger partial charge in [0.1, 0.15) is 0 Å². The highest BCUT2D eigenvalue weighted by molar-refractivity contribution is 5.94. The van der Waals surface area contributed by atoms with Crippen molar-refractivity contribution in [3.8, 4) is 0 Å². The van der Waals surface area contributed by atoms with Gasteiger partial charge in [-0.15, -0.1) is 0 Å². The molecule has 2 aliphatic rings. The smallest absolute Gasteiger partial charge is 0.249 e. The maximum Gasteiger partial charge on any atom is 0.249 e. The molecule has 0 bridgehead atoms. The molecule has 2 heterocycles. The van der Waals surface area contributed by atoms with Gasteiger partial charge in [0, 0.05) is 18.2 Å². The fourth-order valence-corrected chi connectivity index (χ4v) is 3.65. The minimum Gasteiger partial charge on any atom is -0.366 e. The van der Waals surface area contributed by atoms with E-state index in [0.717, 1.165) is 18.5 Å². The second kappa shape index (κ2) is 6.58. The summed E-state index contributed by atoms with van der Waals surface area (Å²) in [5.74, 6) is -0.317. The maximum absolute atomic E-state index is 11.5. The normalized spacial score (nSPS) is 22.2. The molecule has 1 aromatic rings. The van der Waals surface area contributed by atoms with Crippen molar-refractivity contribution >= 4 is 5.91 Å². The highest BCUT2D eigenvalue weighted by atomic mass is 16.1. The number of piperidine rings is 1. The topological polar surface area (TPSA) is 58.4 Å². The van der Waals surface area contributed by atoms with Crippen LogP contribution >= 0.6 is 0 Å². The van der Waals surface area contributed by atoms with Crippen molar-refractivity contribution < 1.29 is 4.79 Å². The molecule has 114 valence electrons. The number of rotatable bonds is 5. The second-order valence-electron chi connectivity index (χ2n) is 6.22. The van der Waals surface area contributed by atoms with Crippen molar-refractivity contribution in [2.75, 3.05) is 19.6 Å². The Labute approximate surface area is 126 Å². The Bertz CT molecular complexity index is 509. The van der Waals surface area contributed by atoms with Crippen LogP contribution in [0.2, 0.25) is 0 Å². The molecule has 1 amide bonds. The molecule has 1 unspecified atom stereocenters. The van der Waals surface area contributed by atoms with Crippen molar-refractivity contribution in [1.29, 1.82) is 0 Å². The van der Waals surface area contributed by atoms with Gasteiger partial charge in [-0.3, -0.25) is 4.79 Å². The zero-order valence-electron chi connectivity index (χ0n) is 12.6. The molecule has 0 aliphatic carbocycles. The van der Waals surface area contributed by atoms with Crippen molar-refractivity contribution in [3.05, 3.63) is 34.9 Å². The molecular weight excluding hydrogens is 262 g/mol. The van der Waals surface area contributed by atoms with Crippen molar-refractivity contribution in [1.82, 2.24) is 10.2 Å². The summed E-state index contributed by atoms with van der Waals surface area (Å²) in [5.41, 5.74) is 8.51. The summed E-state index contributed by atoms with van der Waals surface area (Å²) >= 11 is 0. The largest absolute Gasteiger partial charge is 0.366 e. The molecule has 1 atom stereocenters. The first-order chi connectivity index (χ1) is 10.3. The fourth-order valence-electron chi connectivity index (χ4n) is 3.65. The molecule has 3 N–H and O–H groups in total. The van der Waals surface area contributed by atoms with E-state index in [4.69, 9.17) is 5.73 Å². The van der Waals surface area contributed by atoms with Crippen LogP contribution in [0.4, 0.5) is 0 Å². The van der Waals surface area contributed by atoms with Crippen molar-refractivity contribution in [2.45, 2.75) is 44.7 Å². The van der Waals surface area contributed by atoms with Crippen LogP contribution in [0.15, 0.2) is 18.2 Å². The zero-order valence-corrected chi connectivity index (χ0v) is 12.6. The summed E-state index contributed by atoms with van der Waals surface area (Å²) in [6.07, 6.45) is 6.44. The molecule has 0 saturated carbocycles. The van der Waals surface area contributed by atoms with E-state index in [0.29, 0.717) is 11.6 Å². The van der Waals surface area contributed by atoms with Gasteiger partial charge in [-0.05, 0) is 62.5 Å². The van der Waals surface area contributed by atoms with E-state index in [9.17, 15) is 4.79 Å². The van der Waals surface area contributed by atoms with Crippen LogP contribution in [-0.4, -0.2) is 30.4 Å². The number of carbonyl (C=O) groups is 1. The molecule has 4 nitrogen and oxygen atoms in total. The summed E-state index contributed by atoms with van der Waals surface area (Å²) in [6.45, 7) is 4.49. The van der Waals surface area contributed by atoms with Crippen molar-refractivity contribution in [2.24, 2.45) is 5.73 Å². The van der Waals surface area contributed by atoms with Gasteiger partial charge in [-0.2, -0.15) is 0 Å². The van der Waals surface area contributed by atoms with Gasteiger partial charge in [0.05, 0.1) is 0 Å². The van der Waals surface area contributed by atoms with Crippen LogP contribution in [0.25, 0.3) is 0 Å². The van der Waals surface area contributed by atoms with Gasteiger partial charge in [-0.1, -0.05) is 18.6 Å². The highest BCUT2D eigenvalue weighted by Crippen LogP contribution is 2.31. The number of likely N-dealkylation sites (tertiary alicyclic amines) is 1. The van der Waals surface area contributed by atoms with Crippen LogP contribution < -0.4 is 11.1 Å². The lowest BCUT2D eigenvalue weighted by molar-refractivity contribution is 0.0999. The molecule has 0 spiro atoms. The van der Waals surface area contributed by atoms with Crippen LogP contribution in [0.5, 0.6) is 0 Å². The zero-order chi connectivity index (χ0) is 14.7. The minimum atomic E-state index is -0.317. The van der Waals surface area contributed by atoms with Crippen molar-refractivity contribution in [3.63, 3.8) is 0 Å². The van der Waals surface area contributed by atoms with Gasteiger partial charge >= 0.3 is 0 Å². The van der Waals surface area contributed by atoms with Crippen LogP contribution in [0, 0.1) is 0 Å². The van der Waals surface area contributed by atoms with Gasteiger partial charge < -0.3 is 16.0 Å². The molecule has 3 rings (SSSR count). The predicted octanol–water partition coefficient (Wildman–Crippen LogP) is 2.20. The molecule has 1 aromatic carbocycles. The molecule has 21 heavy (non-hydrogen) atoms. The Kier molecular flexibility index (Phi) is 4.56. The summed E-state index contributed by atoms with van der Waals surface area (Å²) in [4.78, 5) is 14.1. The lowest BCUT2D eigenvalue weighted by Crippen LogP contribution is -2.31. The number of carbonyl (C=O) groups excluding carboxylic acids is 1.